The third-order valence-electron chi connectivity index (χ3n) is 4.75. The lowest BCUT2D eigenvalue weighted by Gasteiger charge is -2.27. The summed E-state index contributed by atoms with van der Waals surface area (Å²) in [6.45, 7) is 2.39. The van der Waals surface area contributed by atoms with Crippen molar-refractivity contribution in [2.45, 2.75) is 25.4 Å². The second kappa shape index (κ2) is 11.7. The highest BCUT2D eigenvalue weighted by Crippen LogP contribution is 2.66. The molecule has 3 aromatic rings. The number of rotatable bonds is 7. The second-order valence-corrected chi connectivity index (χ2v) is 10.9. The number of halogens is 1. The molecule has 0 saturated carbocycles. The van der Waals surface area contributed by atoms with Gasteiger partial charge in [-0.15, -0.1) is 0 Å². The molecule has 0 aromatic heterocycles. The minimum atomic E-state index is -1.14. The van der Waals surface area contributed by atoms with Crippen LogP contribution in [0.1, 0.15) is 23.6 Å². The molecule has 1 unspecified atom stereocenters. The zero-order valence-corrected chi connectivity index (χ0v) is 19.4. The quantitative estimate of drug-likeness (QED) is 0.485. The normalized spacial score (nSPS) is 10.5. The Bertz CT molecular complexity index is 629. The first-order chi connectivity index (χ1) is 11.8. The lowest BCUT2D eigenvalue weighted by atomic mass is 10.2. The van der Waals surface area contributed by atoms with E-state index in [4.69, 9.17) is 0 Å². The van der Waals surface area contributed by atoms with Crippen molar-refractivity contribution in [3.8, 4) is 0 Å². The van der Waals surface area contributed by atoms with Gasteiger partial charge >= 0.3 is 0 Å². The van der Waals surface area contributed by atoms with E-state index in [1.165, 1.54) is 41.3 Å². The Morgan fingerprint density at radius 2 is 0.808 bits per heavy atom. The Balaban J connectivity index is 0.00000169. The first-order valence-electron chi connectivity index (χ1n) is 8.76. The average Bonchev–Trinajstić information content (AvgIpc) is 2.64. The van der Waals surface area contributed by atoms with E-state index >= 15 is 0 Å². The Morgan fingerprint density at radius 1 is 0.538 bits per heavy atom. The molecule has 0 heterocycles. The summed E-state index contributed by atoms with van der Waals surface area (Å²) in [6, 6.07) is 33.1. The van der Waals surface area contributed by atoms with Crippen LogP contribution in [0.3, 0.4) is 0 Å². The molecule has 0 aliphatic heterocycles. The van der Waals surface area contributed by atoms with E-state index in [0.29, 0.717) is 0 Å². The molecule has 138 valence electrons. The monoisotopic (exact) mass is 446 g/mol. The number of hydrogen-bond donors (Lipinski definition) is 0. The molecule has 0 spiro atoms. The summed E-state index contributed by atoms with van der Waals surface area (Å²) < 4.78 is 0. The minimum absolute atomic E-state index is 0. The second-order valence-electron chi connectivity index (χ2n) is 6.59. The van der Waals surface area contributed by atoms with Crippen molar-refractivity contribution in [1.29, 1.82) is 0 Å². The maximum Gasteiger partial charge on any atom is 0.0849 e. The zero-order valence-electron chi connectivity index (χ0n) is 15.5. The maximum absolute atomic E-state index is 2.39. The summed E-state index contributed by atoms with van der Waals surface area (Å²) in [5.41, 5.74) is 4.46. The van der Waals surface area contributed by atoms with Crippen LogP contribution in [0.5, 0.6) is 0 Å². The molecule has 0 aliphatic carbocycles. The third kappa shape index (κ3) is 6.62. The van der Waals surface area contributed by atoms with Crippen molar-refractivity contribution < 1.29 is 17.0 Å². The smallest absolute Gasteiger partial charge is 0.0849 e. The predicted octanol–water partition coefficient (Wildman–Crippen LogP) is 3.69. The van der Waals surface area contributed by atoms with Crippen LogP contribution < -0.4 is 17.0 Å². The fraction of sp³-hybridized carbons (Fsp3) is 0.217. The van der Waals surface area contributed by atoms with Gasteiger partial charge in [0.2, 0.25) is 0 Å². The molecule has 0 fully saturated rings. The van der Waals surface area contributed by atoms with Crippen molar-refractivity contribution in [2.24, 2.45) is 0 Å². The predicted molar refractivity (Wildman–Crippen MR) is 119 cm³/mol. The molecule has 0 nitrogen and oxygen atoms in total. The average molecular weight is 447 g/mol. The third-order valence-corrected chi connectivity index (χ3v) is 9.20. The molecule has 0 N–H and O–H groups in total. The molecule has 3 rings (SSSR count). The van der Waals surface area contributed by atoms with E-state index in [1.54, 1.807) is 0 Å². The highest BCUT2D eigenvalue weighted by atomic mass is 79.9. The molecule has 0 bridgehead atoms. The van der Waals surface area contributed by atoms with Gasteiger partial charge in [-0.05, 0) is 23.6 Å². The van der Waals surface area contributed by atoms with Gasteiger partial charge in [-0.1, -0.05) is 91.0 Å². The molecular formula is C23H29BrP2. The van der Waals surface area contributed by atoms with Crippen LogP contribution in [0.25, 0.3) is 0 Å². The standard InChI is InChI=1S/C23H26P.BrH.H3P/c1-2-24(18-21-12-6-3-7-13-21,19-22-14-8-4-9-15-22)20-23-16-10-5-11-17-23;;/h3-17H,2,18-20H2,1H3;1H;1H3/q+1;;/p-1. The number of benzene rings is 3. The van der Waals surface area contributed by atoms with E-state index in [2.05, 4.69) is 97.9 Å². The van der Waals surface area contributed by atoms with E-state index in [1.807, 2.05) is 0 Å². The minimum Gasteiger partial charge on any atom is -1.00 e. The highest BCUT2D eigenvalue weighted by Gasteiger charge is 2.36. The maximum atomic E-state index is 2.39. The molecule has 1 atom stereocenters. The van der Waals surface area contributed by atoms with E-state index in [-0.39, 0.29) is 26.9 Å². The lowest BCUT2D eigenvalue weighted by molar-refractivity contribution is -0.00000520. The first-order valence-corrected chi connectivity index (χ1v) is 11.3. The Hall–Kier alpha value is -1.000. The molecule has 3 heteroatoms. The Labute approximate surface area is 173 Å². The zero-order chi connectivity index (χ0) is 16.7. The summed E-state index contributed by atoms with van der Waals surface area (Å²) in [4.78, 5) is 0. The fourth-order valence-electron chi connectivity index (χ4n) is 3.42. The largest absolute Gasteiger partial charge is 1.00 e. The summed E-state index contributed by atoms with van der Waals surface area (Å²) in [7, 11) is -1.14. The summed E-state index contributed by atoms with van der Waals surface area (Å²) in [6.07, 6.45) is 4.97. The molecular weight excluding hydrogens is 418 g/mol. The van der Waals surface area contributed by atoms with E-state index in [9.17, 15) is 0 Å². The summed E-state index contributed by atoms with van der Waals surface area (Å²) in [5.74, 6) is 0. The van der Waals surface area contributed by atoms with Crippen molar-refractivity contribution in [1.82, 2.24) is 0 Å². The number of hydrogen-bond acceptors (Lipinski definition) is 0. The Kier molecular flexibility index (Phi) is 10.3. The molecule has 26 heavy (non-hydrogen) atoms. The van der Waals surface area contributed by atoms with Gasteiger partial charge in [-0.2, -0.15) is 9.90 Å². The lowest BCUT2D eigenvalue weighted by Crippen LogP contribution is -3.00. The first kappa shape index (κ1) is 23.0. The van der Waals surface area contributed by atoms with Crippen LogP contribution in [-0.4, -0.2) is 6.16 Å². The molecule has 0 aliphatic rings. The van der Waals surface area contributed by atoms with Gasteiger partial charge in [0.05, 0.1) is 24.6 Å². The van der Waals surface area contributed by atoms with Crippen LogP contribution >= 0.6 is 17.2 Å². The van der Waals surface area contributed by atoms with Crippen LogP contribution in [0, 0.1) is 0 Å². The summed E-state index contributed by atoms with van der Waals surface area (Å²) >= 11 is 0. The van der Waals surface area contributed by atoms with E-state index in [0.717, 1.165) is 0 Å². The van der Waals surface area contributed by atoms with E-state index < -0.39 is 7.26 Å². The van der Waals surface area contributed by atoms with Crippen LogP contribution in [0.4, 0.5) is 0 Å². The highest BCUT2D eigenvalue weighted by molar-refractivity contribution is 7.73. The van der Waals surface area contributed by atoms with Crippen molar-refractivity contribution in [2.75, 3.05) is 6.16 Å². The summed E-state index contributed by atoms with van der Waals surface area (Å²) in [5, 5.41) is 0. The fourth-order valence-corrected chi connectivity index (χ4v) is 7.38. The molecule has 0 amide bonds. The van der Waals surface area contributed by atoms with Crippen LogP contribution in [0.15, 0.2) is 91.0 Å². The van der Waals surface area contributed by atoms with Crippen molar-refractivity contribution in [3.05, 3.63) is 108 Å². The van der Waals surface area contributed by atoms with Gasteiger partial charge in [0.15, 0.2) is 0 Å². The van der Waals surface area contributed by atoms with Crippen molar-refractivity contribution >= 4 is 17.2 Å². The van der Waals surface area contributed by atoms with Gasteiger partial charge in [0, 0.05) is 7.26 Å². The van der Waals surface area contributed by atoms with Crippen LogP contribution in [0.2, 0.25) is 0 Å². The molecule has 0 radical (unpaired) electrons. The van der Waals surface area contributed by atoms with Gasteiger partial charge < -0.3 is 17.0 Å². The van der Waals surface area contributed by atoms with Gasteiger partial charge in [-0.25, -0.2) is 0 Å². The molecule has 0 saturated heterocycles. The Morgan fingerprint density at radius 3 is 1.04 bits per heavy atom. The van der Waals surface area contributed by atoms with Crippen molar-refractivity contribution in [3.63, 3.8) is 0 Å². The van der Waals surface area contributed by atoms with Gasteiger partial charge in [0.1, 0.15) is 0 Å². The van der Waals surface area contributed by atoms with Gasteiger partial charge in [0.25, 0.3) is 0 Å². The van der Waals surface area contributed by atoms with Crippen LogP contribution in [-0.2, 0) is 18.5 Å². The topological polar surface area (TPSA) is 0 Å². The molecule has 3 aromatic carbocycles. The SMILES string of the molecule is CC[P+](Cc1ccccc1)(Cc1ccccc1)Cc1ccccc1.P.[Br-]. The van der Waals surface area contributed by atoms with Gasteiger partial charge in [-0.3, -0.25) is 0 Å².